The maximum atomic E-state index is 14.0. The molecule has 0 radical (unpaired) electrons. The van der Waals surface area contributed by atoms with Gasteiger partial charge in [0.25, 0.3) is 0 Å². The molecule has 65 heavy (non-hydrogen) atoms. The summed E-state index contributed by atoms with van der Waals surface area (Å²) in [5.41, 5.74) is 1.61. The maximum absolute atomic E-state index is 14.0. The molecule has 2 unspecified atom stereocenters. The maximum Gasteiger partial charge on any atom is 0.417 e. The first-order valence-electron chi connectivity index (χ1n) is 21.0. The fourth-order valence-corrected chi connectivity index (χ4v) is 9.38. The van der Waals surface area contributed by atoms with Crippen LogP contribution in [0.25, 0.3) is 10.4 Å². The molecule has 4 aromatic rings. The Morgan fingerprint density at radius 3 is 2.35 bits per heavy atom. The third-order valence-electron chi connectivity index (χ3n) is 11.5. The number of ether oxygens (including phenoxy) is 2. The molecule has 2 aliphatic rings. The van der Waals surface area contributed by atoms with Crippen LogP contribution >= 0.6 is 23.6 Å². The average molecular weight is 933 g/mol. The Morgan fingerprint density at radius 2 is 1.74 bits per heavy atom. The Morgan fingerprint density at radius 1 is 1.05 bits per heavy atom. The number of β-amino-alcohol motifs (C(OH)–C–C–N with tert-alkyl or cyclic N) is 1. The minimum absolute atomic E-state index is 0.0256. The second-order valence-electron chi connectivity index (χ2n) is 17.6. The molecule has 0 spiro atoms. The van der Waals surface area contributed by atoms with Crippen molar-refractivity contribution in [3.63, 3.8) is 0 Å². The highest BCUT2D eigenvalue weighted by Crippen LogP contribution is 2.43. The Labute approximate surface area is 384 Å². The van der Waals surface area contributed by atoms with Gasteiger partial charge in [0.15, 0.2) is 5.78 Å². The smallest absolute Gasteiger partial charge is 0.417 e. The quantitative estimate of drug-likeness (QED) is 0.0838. The molecule has 0 bridgehead atoms. The summed E-state index contributed by atoms with van der Waals surface area (Å²) < 4.78 is 52.7. The van der Waals surface area contributed by atoms with Crippen LogP contribution < -0.4 is 20.3 Å². The van der Waals surface area contributed by atoms with Crippen LogP contribution in [0.3, 0.4) is 0 Å². The predicted molar refractivity (Wildman–Crippen MR) is 242 cm³/mol. The number of nitrogens with one attached hydrogen (secondary N) is 2. The standard InChI is InChI=1S/C47H51F3N6O7S2/c1-27-39(65-26-53-27)29-9-7-28(8-10-29)24-52-42(60)36-22-33(57)25-55(36)43(61)40(45(2,3)4)54-37(58)17-18-62-19-20-63-34-15-13-32(14-16-34)56-44(64)38(41(59)46(56,5)6)30-11-12-31(23-51)35(21-30)47(48,49)50/h7-16,21,26,33,36,38,40,57H,17-20,22,24-25H2,1-6H3,(H,52,60)(H,54,58)/t33-,36+,38?,40?/m1/s1. The van der Waals surface area contributed by atoms with Crippen LogP contribution in [0.5, 0.6) is 5.75 Å². The molecule has 3 N–H and O–H groups in total. The second-order valence-corrected chi connectivity index (χ2v) is 18.9. The molecule has 344 valence electrons. The Bertz CT molecular complexity index is 2460. The summed E-state index contributed by atoms with van der Waals surface area (Å²) in [6, 6.07) is 17.3. The lowest BCUT2D eigenvalue weighted by molar-refractivity contribution is -0.144. The third kappa shape index (κ3) is 11.0. The molecule has 2 fully saturated rings. The van der Waals surface area contributed by atoms with Crippen molar-refractivity contribution in [1.29, 1.82) is 5.26 Å². The number of thiazole rings is 1. The van der Waals surface area contributed by atoms with E-state index in [2.05, 4.69) is 15.6 Å². The number of ketones is 1. The number of amides is 3. The fraction of sp³-hybridized carbons (Fsp3) is 0.426. The van der Waals surface area contributed by atoms with E-state index in [9.17, 15) is 42.7 Å². The van der Waals surface area contributed by atoms with Gasteiger partial charge in [-0.15, -0.1) is 11.3 Å². The first-order valence-corrected chi connectivity index (χ1v) is 22.3. The third-order valence-corrected chi connectivity index (χ3v) is 12.9. The first-order chi connectivity index (χ1) is 30.6. The largest absolute Gasteiger partial charge is 0.491 e. The number of carbonyl (C=O) groups excluding carboxylic acids is 4. The number of halogens is 3. The van der Waals surface area contributed by atoms with Crippen LogP contribution in [0.4, 0.5) is 18.9 Å². The SMILES string of the molecule is Cc1ncsc1-c1ccc(CNC(=O)[C@@H]2C[C@@H](O)CN2C(=O)C(NC(=O)CCOCCOc2ccc(N3C(=S)C(c4ccc(C#N)c(C(F)(F)F)c4)C(=O)C3(C)C)cc2)C(C)(C)C)cc1. The van der Waals surface area contributed by atoms with E-state index in [0.29, 0.717) is 11.4 Å². The number of anilines is 1. The number of benzene rings is 3. The van der Waals surface area contributed by atoms with Crippen LogP contribution in [-0.2, 0) is 36.6 Å². The van der Waals surface area contributed by atoms with Crippen LogP contribution in [0.2, 0.25) is 0 Å². The van der Waals surface area contributed by atoms with Crippen molar-refractivity contribution in [3.05, 3.63) is 100 Å². The van der Waals surface area contributed by atoms with E-state index >= 15 is 0 Å². The van der Waals surface area contributed by atoms with Crippen LogP contribution in [0, 0.1) is 23.7 Å². The average Bonchev–Trinajstić information content (AvgIpc) is 3.92. The van der Waals surface area contributed by atoms with Gasteiger partial charge in [-0.3, -0.25) is 19.2 Å². The molecule has 3 aromatic carbocycles. The molecule has 6 rings (SSSR count). The highest BCUT2D eigenvalue weighted by molar-refractivity contribution is 7.80. The van der Waals surface area contributed by atoms with E-state index in [0.717, 1.165) is 33.8 Å². The van der Waals surface area contributed by atoms with Gasteiger partial charge in [0.1, 0.15) is 24.4 Å². The normalized spacial score (nSPS) is 18.9. The highest BCUT2D eigenvalue weighted by Gasteiger charge is 2.52. The zero-order valence-corrected chi connectivity index (χ0v) is 38.5. The summed E-state index contributed by atoms with van der Waals surface area (Å²) in [5.74, 6) is -2.36. The zero-order chi connectivity index (χ0) is 47.4. The van der Waals surface area contributed by atoms with E-state index < -0.39 is 70.1 Å². The summed E-state index contributed by atoms with van der Waals surface area (Å²) in [6.07, 6.45) is -5.69. The van der Waals surface area contributed by atoms with Gasteiger partial charge >= 0.3 is 6.18 Å². The van der Waals surface area contributed by atoms with Crippen molar-refractivity contribution in [2.24, 2.45) is 5.41 Å². The van der Waals surface area contributed by atoms with Crippen molar-refractivity contribution in [2.45, 2.75) is 96.7 Å². The molecule has 2 aliphatic heterocycles. The summed E-state index contributed by atoms with van der Waals surface area (Å²) in [4.78, 5) is 62.6. The molecule has 1 aromatic heterocycles. The number of aliphatic hydroxyl groups is 1. The zero-order valence-electron chi connectivity index (χ0n) is 36.8. The van der Waals surface area contributed by atoms with E-state index in [1.807, 2.05) is 31.2 Å². The van der Waals surface area contributed by atoms with Gasteiger partial charge < -0.3 is 35.0 Å². The van der Waals surface area contributed by atoms with Crippen LogP contribution in [0.15, 0.2) is 72.2 Å². The van der Waals surface area contributed by atoms with Crippen molar-refractivity contribution < 1.29 is 46.9 Å². The molecule has 18 heteroatoms. The number of thiocarbonyl (C=S) groups is 1. The number of nitrogens with zero attached hydrogens (tertiary/aromatic N) is 4. The monoisotopic (exact) mass is 932 g/mol. The lowest BCUT2D eigenvalue weighted by Crippen LogP contribution is -2.57. The minimum Gasteiger partial charge on any atom is -0.491 e. The van der Waals surface area contributed by atoms with E-state index in [-0.39, 0.29) is 62.1 Å². The lowest BCUT2D eigenvalue weighted by atomic mass is 9.85. The summed E-state index contributed by atoms with van der Waals surface area (Å²) in [5, 5.41) is 25.5. The Kier molecular flexibility index (Phi) is 14.8. The minimum atomic E-state index is -4.79. The van der Waals surface area contributed by atoms with Gasteiger partial charge in [0, 0.05) is 31.6 Å². The molecular formula is C47H51F3N6O7S2. The second kappa shape index (κ2) is 19.8. The number of hydrogen-bond donors (Lipinski definition) is 3. The van der Waals surface area contributed by atoms with Gasteiger partial charge in [0.05, 0.1) is 69.0 Å². The summed E-state index contributed by atoms with van der Waals surface area (Å²) in [6.45, 7) is 11.1. The van der Waals surface area contributed by atoms with Gasteiger partial charge in [0.2, 0.25) is 17.7 Å². The number of hydrogen-bond acceptors (Lipinski definition) is 11. The Hall–Kier alpha value is -5.74. The summed E-state index contributed by atoms with van der Waals surface area (Å²) >= 11 is 7.24. The van der Waals surface area contributed by atoms with Gasteiger partial charge in [-0.2, -0.15) is 18.4 Å². The summed E-state index contributed by atoms with van der Waals surface area (Å²) in [7, 11) is 0. The number of carbonyl (C=O) groups is 4. The van der Waals surface area contributed by atoms with Gasteiger partial charge in [-0.25, -0.2) is 4.98 Å². The molecule has 4 atom stereocenters. The van der Waals surface area contributed by atoms with E-state index in [1.54, 1.807) is 86.7 Å². The number of aliphatic hydroxyl groups excluding tert-OH is 1. The first kappa shape index (κ1) is 48.7. The van der Waals surface area contributed by atoms with Crippen molar-refractivity contribution in [2.75, 3.05) is 31.3 Å². The van der Waals surface area contributed by atoms with Crippen molar-refractivity contribution in [3.8, 4) is 22.3 Å². The number of rotatable bonds is 15. The molecule has 0 saturated carbocycles. The highest BCUT2D eigenvalue weighted by atomic mass is 32.1. The lowest BCUT2D eigenvalue weighted by Gasteiger charge is -2.35. The molecule has 3 amide bonds. The van der Waals surface area contributed by atoms with Gasteiger partial charge in [-0.05, 0) is 79.3 Å². The van der Waals surface area contributed by atoms with Crippen LogP contribution in [0.1, 0.15) is 81.3 Å². The topological polar surface area (TPSA) is 174 Å². The van der Waals surface area contributed by atoms with Gasteiger partial charge in [-0.1, -0.05) is 63.3 Å². The molecule has 3 heterocycles. The molecule has 13 nitrogen and oxygen atoms in total. The van der Waals surface area contributed by atoms with E-state index in [1.165, 1.54) is 11.0 Å². The number of nitriles is 1. The van der Waals surface area contributed by atoms with E-state index in [4.69, 9.17) is 21.7 Å². The van der Waals surface area contributed by atoms with Crippen molar-refractivity contribution in [1.82, 2.24) is 20.5 Å². The number of Topliss-reactive ketones (excluding diaryl/α,β-unsaturated/α-hetero) is 1. The molecule has 0 aliphatic carbocycles. The predicted octanol–water partition coefficient (Wildman–Crippen LogP) is 6.88. The molecule has 2 saturated heterocycles. The fourth-order valence-electron chi connectivity index (χ4n) is 7.99. The number of aryl methyl sites for hydroxylation is 1. The number of alkyl halides is 3. The van der Waals surface area contributed by atoms with Crippen LogP contribution in [-0.4, -0.2) is 93.6 Å². The number of aromatic nitrogens is 1. The molecular weight excluding hydrogens is 882 g/mol. The number of likely N-dealkylation sites (tertiary alicyclic amines) is 1. The van der Waals surface area contributed by atoms with Crippen molar-refractivity contribution >= 4 is 57.7 Å². The Balaban J connectivity index is 0.965.